The average Bonchev–Trinajstić information content (AvgIpc) is 2.50. The van der Waals surface area contributed by atoms with Crippen molar-refractivity contribution in [1.82, 2.24) is 5.32 Å². The summed E-state index contributed by atoms with van der Waals surface area (Å²) in [5.74, 6) is 1.28. The first kappa shape index (κ1) is 19.6. The van der Waals surface area contributed by atoms with E-state index in [2.05, 4.69) is 10.6 Å². The van der Waals surface area contributed by atoms with Gasteiger partial charge < -0.3 is 20.1 Å². The molecule has 0 aliphatic heterocycles. The fourth-order valence-corrected chi connectivity index (χ4v) is 2.56. The minimum Gasteiger partial charge on any atom is -0.497 e. The Morgan fingerprint density at radius 2 is 2.13 bits per heavy atom. The van der Waals surface area contributed by atoms with Crippen LogP contribution in [0.4, 0.5) is 5.69 Å². The summed E-state index contributed by atoms with van der Waals surface area (Å²) in [6.07, 6.45) is 2.49. The van der Waals surface area contributed by atoms with Crippen molar-refractivity contribution in [1.29, 1.82) is 0 Å². The number of hydrogen-bond acceptors (Lipinski definition) is 5. The van der Waals surface area contributed by atoms with Crippen LogP contribution in [0.2, 0.25) is 0 Å². The molecule has 0 aliphatic rings. The summed E-state index contributed by atoms with van der Waals surface area (Å²) in [4.78, 5) is 12.1. The molecule has 2 N–H and O–H groups in total. The van der Waals surface area contributed by atoms with Crippen molar-refractivity contribution in [3.63, 3.8) is 0 Å². The minimum absolute atomic E-state index is 0.152. The van der Waals surface area contributed by atoms with Crippen molar-refractivity contribution in [2.45, 2.75) is 32.4 Å². The Hall–Kier alpha value is -1.47. The van der Waals surface area contributed by atoms with Crippen LogP contribution in [-0.4, -0.2) is 42.3 Å². The molecule has 1 aromatic rings. The molecule has 0 bridgehead atoms. The smallest absolute Gasteiger partial charge is 0.328 e. The highest BCUT2D eigenvalue weighted by Gasteiger charge is 2.21. The van der Waals surface area contributed by atoms with Crippen molar-refractivity contribution in [3.8, 4) is 5.75 Å². The van der Waals surface area contributed by atoms with Crippen LogP contribution < -0.4 is 15.4 Å². The van der Waals surface area contributed by atoms with E-state index in [4.69, 9.17) is 21.7 Å². The molecule has 5 nitrogen and oxygen atoms in total. The number of anilines is 1. The van der Waals surface area contributed by atoms with Gasteiger partial charge in [0.25, 0.3) is 0 Å². The third kappa shape index (κ3) is 7.56. The lowest BCUT2D eigenvalue weighted by Gasteiger charge is -2.20. The second-order valence-electron chi connectivity index (χ2n) is 5.15. The number of ether oxygens (including phenoxy) is 2. The van der Waals surface area contributed by atoms with Gasteiger partial charge in [-0.2, -0.15) is 11.8 Å². The summed E-state index contributed by atoms with van der Waals surface area (Å²) in [6.45, 7) is 3.66. The van der Waals surface area contributed by atoms with E-state index in [1.807, 2.05) is 44.4 Å². The fourth-order valence-electron chi connectivity index (χ4n) is 1.83. The fraction of sp³-hybridized carbons (Fsp3) is 0.500. The maximum absolute atomic E-state index is 12.1. The summed E-state index contributed by atoms with van der Waals surface area (Å²) in [7, 11) is 1.61. The number of thioether (sulfide) groups is 1. The first-order valence-corrected chi connectivity index (χ1v) is 9.17. The molecule has 0 fully saturated rings. The molecule has 23 heavy (non-hydrogen) atoms. The van der Waals surface area contributed by atoms with Crippen LogP contribution in [-0.2, 0) is 9.53 Å². The number of rotatable bonds is 8. The van der Waals surface area contributed by atoms with Gasteiger partial charge in [-0.15, -0.1) is 0 Å². The summed E-state index contributed by atoms with van der Waals surface area (Å²) >= 11 is 6.97. The molecular weight excluding hydrogens is 332 g/mol. The number of esters is 1. The van der Waals surface area contributed by atoms with Gasteiger partial charge in [-0.3, -0.25) is 0 Å². The maximum atomic E-state index is 12.1. The summed E-state index contributed by atoms with van der Waals surface area (Å²) < 4.78 is 10.5. The molecule has 128 valence electrons. The standard InChI is InChI=1S/C16H24N2O3S2/c1-11(2)21-15(19)14(8-9-23-4)18-16(22)17-12-6-5-7-13(10-12)20-3/h5-7,10-11,14H,8-9H2,1-4H3,(H2,17,18,22). The molecule has 0 spiro atoms. The zero-order valence-corrected chi connectivity index (χ0v) is 15.6. The van der Waals surface area contributed by atoms with Crippen LogP contribution in [0.1, 0.15) is 20.3 Å². The van der Waals surface area contributed by atoms with Gasteiger partial charge in [0.05, 0.1) is 13.2 Å². The third-order valence-electron chi connectivity index (χ3n) is 2.88. The second-order valence-corrected chi connectivity index (χ2v) is 6.54. The molecule has 1 aromatic carbocycles. The molecule has 0 amide bonds. The van der Waals surface area contributed by atoms with Gasteiger partial charge in [0.1, 0.15) is 11.8 Å². The molecule has 0 heterocycles. The van der Waals surface area contributed by atoms with E-state index in [1.54, 1.807) is 18.9 Å². The van der Waals surface area contributed by atoms with Gasteiger partial charge in [0, 0.05) is 11.8 Å². The SMILES string of the molecule is COc1cccc(NC(=S)NC(CCSC)C(=O)OC(C)C)c1. The second kappa shape index (κ2) is 10.3. The van der Waals surface area contributed by atoms with Gasteiger partial charge >= 0.3 is 5.97 Å². The molecule has 1 rings (SSSR count). The van der Waals surface area contributed by atoms with Gasteiger partial charge in [0.15, 0.2) is 5.11 Å². The van der Waals surface area contributed by atoms with Crippen LogP contribution in [0, 0.1) is 0 Å². The molecule has 1 unspecified atom stereocenters. The number of nitrogens with one attached hydrogen (secondary N) is 2. The summed E-state index contributed by atoms with van der Waals surface area (Å²) in [6, 6.07) is 6.96. The van der Waals surface area contributed by atoms with Crippen molar-refractivity contribution in [2.75, 3.05) is 24.4 Å². The molecule has 0 saturated heterocycles. The van der Waals surface area contributed by atoms with Crippen LogP contribution in [0.5, 0.6) is 5.75 Å². The first-order valence-electron chi connectivity index (χ1n) is 7.37. The zero-order valence-electron chi connectivity index (χ0n) is 13.9. The van der Waals surface area contributed by atoms with E-state index in [1.165, 1.54) is 0 Å². The Morgan fingerprint density at radius 3 is 2.74 bits per heavy atom. The number of thiocarbonyl (C=S) groups is 1. The molecule has 0 radical (unpaired) electrons. The van der Waals surface area contributed by atoms with E-state index in [0.29, 0.717) is 11.5 Å². The van der Waals surface area contributed by atoms with Crippen LogP contribution >= 0.6 is 24.0 Å². The molecule has 7 heteroatoms. The normalized spacial score (nSPS) is 11.7. The Bertz CT molecular complexity index is 524. The van der Waals surface area contributed by atoms with E-state index in [-0.39, 0.29) is 12.1 Å². The lowest BCUT2D eigenvalue weighted by molar-refractivity contribution is -0.149. The van der Waals surface area contributed by atoms with E-state index >= 15 is 0 Å². The Morgan fingerprint density at radius 1 is 1.39 bits per heavy atom. The quantitative estimate of drug-likeness (QED) is 0.548. The average molecular weight is 357 g/mol. The number of carbonyl (C=O) groups excluding carboxylic acids is 1. The Kier molecular flexibility index (Phi) is 8.79. The lowest BCUT2D eigenvalue weighted by atomic mass is 10.2. The zero-order chi connectivity index (χ0) is 17.2. The first-order chi connectivity index (χ1) is 11.0. The molecule has 0 aromatic heterocycles. The molecular formula is C16H24N2O3S2. The number of methoxy groups -OCH3 is 1. The molecule has 0 aliphatic carbocycles. The van der Waals surface area contributed by atoms with Crippen LogP contribution in [0.25, 0.3) is 0 Å². The summed E-state index contributed by atoms with van der Waals surface area (Å²) in [5.41, 5.74) is 0.794. The monoisotopic (exact) mass is 356 g/mol. The van der Waals surface area contributed by atoms with Crippen molar-refractivity contribution in [3.05, 3.63) is 24.3 Å². The molecule has 1 atom stereocenters. The predicted octanol–water partition coefficient (Wildman–Crippen LogP) is 3.05. The summed E-state index contributed by atoms with van der Waals surface area (Å²) in [5, 5.41) is 6.47. The van der Waals surface area contributed by atoms with Crippen molar-refractivity contribution >= 4 is 40.7 Å². The van der Waals surface area contributed by atoms with Gasteiger partial charge in [-0.1, -0.05) is 6.07 Å². The predicted molar refractivity (Wildman–Crippen MR) is 100 cm³/mol. The maximum Gasteiger partial charge on any atom is 0.328 e. The van der Waals surface area contributed by atoms with Gasteiger partial charge in [-0.25, -0.2) is 4.79 Å². The third-order valence-corrected chi connectivity index (χ3v) is 3.74. The largest absolute Gasteiger partial charge is 0.497 e. The van der Waals surface area contributed by atoms with E-state index in [9.17, 15) is 4.79 Å². The minimum atomic E-state index is -0.463. The number of carbonyl (C=O) groups is 1. The van der Waals surface area contributed by atoms with Gasteiger partial charge in [0.2, 0.25) is 0 Å². The highest BCUT2D eigenvalue weighted by atomic mass is 32.2. The van der Waals surface area contributed by atoms with E-state index < -0.39 is 6.04 Å². The van der Waals surface area contributed by atoms with Crippen molar-refractivity contribution < 1.29 is 14.3 Å². The van der Waals surface area contributed by atoms with Crippen LogP contribution in [0.3, 0.4) is 0 Å². The Labute approximate surface area is 147 Å². The van der Waals surface area contributed by atoms with E-state index in [0.717, 1.165) is 17.2 Å². The Balaban J connectivity index is 2.65. The van der Waals surface area contributed by atoms with Crippen LogP contribution in [0.15, 0.2) is 24.3 Å². The highest BCUT2D eigenvalue weighted by Crippen LogP contribution is 2.16. The number of hydrogen-bond donors (Lipinski definition) is 2. The molecule has 0 saturated carbocycles. The number of benzene rings is 1. The topological polar surface area (TPSA) is 59.6 Å². The highest BCUT2D eigenvalue weighted by molar-refractivity contribution is 7.98. The van der Waals surface area contributed by atoms with Gasteiger partial charge in [-0.05, 0) is 56.6 Å². The van der Waals surface area contributed by atoms with Crippen molar-refractivity contribution in [2.24, 2.45) is 0 Å². The lowest BCUT2D eigenvalue weighted by Crippen LogP contribution is -2.44.